The van der Waals surface area contributed by atoms with Crippen molar-refractivity contribution < 1.29 is 23.9 Å². The van der Waals surface area contributed by atoms with E-state index in [1.54, 1.807) is 26.0 Å². The summed E-state index contributed by atoms with van der Waals surface area (Å²) in [7, 11) is 3.41. The van der Waals surface area contributed by atoms with Gasteiger partial charge in [0, 0.05) is 20.1 Å². The maximum Gasteiger partial charge on any atom is 0.513 e. The third-order valence-electron chi connectivity index (χ3n) is 5.72. The minimum atomic E-state index is -0.781. The van der Waals surface area contributed by atoms with Crippen molar-refractivity contribution in [1.29, 1.82) is 0 Å². The smallest absolute Gasteiger partial charge is 0.434 e. The number of ether oxygens (including phenoxy) is 2. The SMILES string of the molecule is CCOC(=O)OC1=C(c2ccc(C)cc2C)C(=O)N(C)C12CCN(OC)CC2. The molecular formula is C21H28N2O5. The second-order valence-electron chi connectivity index (χ2n) is 7.31. The Bertz CT molecular complexity index is 809. The van der Waals surface area contributed by atoms with Crippen LogP contribution in [0.4, 0.5) is 4.79 Å². The molecule has 7 heteroatoms. The second kappa shape index (κ2) is 7.93. The monoisotopic (exact) mass is 388 g/mol. The first-order valence-corrected chi connectivity index (χ1v) is 9.58. The highest BCUT2D eigenvalue weighted by atomic mass is 16.7. The van der Waals surface area contributed by atoms with Gasteiger partial charge in [-0.25, -0.2) is 4.79 Å². The lowest BCUT2D eigenvalue weighted by Crippen LogP contribution is -2.53. The largest absolute Gasteiger partial charge is 0.513 e. The van der Waals surface area contributed by atoms with Crippen LogP contribution in [0.3, 0.4) is 0 Å². The summed E-state index contributed by atoms with van der Waals surface area (Å²) in [5.74, 6) is 0.248. The molecule has 1 amide bonds. The summed E-state index contributed by atoms with van der Waals surface area (Å²) in [6.45, 7) is 7.15. The zero-order valence-corrected chi connectivity index (χ0v) is 17.2. The predicted molar refractivity (Wildman–Crippen MR) is 104 cm³/mol. The van der Waals surface area contributed by atoms with E-state index >= 15 is 0 Å². The normalized spacial score (nSPS) is 19.5. The van der Waals surface area contributed by atoms with Crippen molar-refractivity contribution in [3.63, 3.8) is 0 Å². The van der Waals surface area contributed by atoms with E-state index in [-0.39, 0.29) is 12.5 Å². The van der Waals surface area contributed by atoms with E-state index in [0.29, 0.717) is 37.3 Å². The summed E-state index contributed by atoms with van der Waals surface area (Å²) < 4.78 is 10.7. The van der Waals surface area contributed by atoms with Crippen LogP contribution in [0.25, 0.3) is 5.57 Å². The quantitative estimate of drug-likeness (QED) is 0.739. The third-order valence-corrected chi connectivity index (χ3v) is 5.72. The number of likely N-dealkylation sites (N-methyl/N-ethyl adjacent to an activating group) is 1. The van der Waals surface area contributed by atoms with Crippen LogP contribution in [0.1, 0.15) is 36.5 Å². The molecule has 0 N–H and O–H groups in total. The van der Waals surface area contributed by atoms with Crippen molar-refractivity contribution in [2.75, 3.05) is 33.9 Å². The molecule has 28 heavy (non-hydrogen) atoms. The van der Waals surface area contributed by atoms with E-state index in [4.69, 9.17) is 14.3 Å². The summed E-state index contributed by atoms with van der Waals surface area (Å²) in [6.07, 6.45) is 0.426. The molecule has 0 saturated carbocycles. The van der Waals surface area contributed by atoms with Crippen molar-refractivity contribution in [1.82, 2.24) is 9.96 Å². The number of nitrogens with zero attached hydrogens (tertiary/aromatic N) is 2. The molecule has 0 radical (unpaired) electrons. The topological polar surface area (TPSA) is 68.3 Å². The molecule has 1 saturated heterocycles. The molecular weight excluding hydrogens is 360 g/mol. The molecule has 1 spiro atoms. The molecule has 3 rings (SSSR count). The molecule has 1 fully saturated rings. The van der Waals surface area contributed by atoms with Gasteiger partial charge in [0.2, 0.25) is 0 Å². The molecule has 0 aliphatic carbocycles. The fraction of sp³-hybridized carbons (Fsp3) is 0.524. The van der Waals surface area contributed by atoms with Gasteiger partial charge in [-0.15, -0.1) is 0 Å². The van der Waals surface area contributed by atoms with Gasteiger partial charge in [-0.05, 0) is 44.7 Å². The number of rotatable bonds is 4. The number of piperidine rings is 1. The number of carbonyl (C=O) groups excluding carboxylic acids is 2. The molecule has 2 aliphatic heterocycles. The van der Waals surface area contributed by atoms with Crippen LogP contribution in [0.5, 0.6) is 0 Å². The van der Waals surface area contributed by atoms with Gasteiger partial charge in [-0.1, -0.05) is 23.8 Å². The van der Waals surface area contributed by atoms with E-state index in [1.807, 2.05) is 37.1 Å². The minimum Gasteiger partial charge on any atom is -0.434 e. The Morgan fingerprint density at radius 1 is 1.21 bits per heavy atom. The van der Waals surface area contributed by atoms with Gasteiger partial charge in [0.15, 0.2) is 5.76 Å². The zero-order valence-electron chi connectivity index (χ0n) is 17.2. The van der Waals surface area contributed by atoms with Crippen LogP contribution in [0, 0.1) is 13.8 Å². The van der Waals surface area contributed by atoms with Crippen molar-refractivity contribution in [3.05, 3.63) is 40.6 Å². The van der Waals surface area contributed by atoms with Crippen LogP contribution in [-0.4, -0.2) is 61.4 Å². The lowest BCUT2D eigenvalue weighted by molar-refractivity contribution is -0.162. The Labute approximate surface area is 165 Å². The van der Waals surface area contributed by atoms with E-state index in [9.17, 15) is 9.59 Å². The Balaban J connectivity index is 2.12. The van der Waals surface area contributed by atoms with Gasteiger partial charge in [0.05, 0.1) is 19.3 Å². The molecule has 7 nitrogen and oxygen atoms in total. The second-order valence-corrected chi connectivity index (χ2v) is 7.31. The van der Waals surface area contributed by atoms with Gasteiger partial charge in [-0.3, -0.25) is 4.79 Å². The standard InChI is InChI=1S/C21H28N2O5/c1-6-27-20(25)28-18-17(16-8-7-14(2)13-15(16)3)19(24)22(4)21(18)9-11-23(26-5)12-10-21/h7-8,13H,6,9-12H2,1-5H3. The van der Waals surface area contributed by atoms with Crippen molar-refractivity contribution in [3.8, 4) is 0 Å². The van der Waals surface area contributed by atoms with E-state index < -0.39 is 11.7 Å². The van der Waals surface area contributed by atoms with Crippen LogP contribution in [-0.2, 0) is 19.1 Å². The number of carbonyl (C=O) groups is 2. The molecule has 2 aliphatic rings. The summed E-state index contributed by atoms with van der Waals surface area (Å²) in [5, 5.41) is 1.85. The first-order valence-electron chi connectivity index (χ1n) is 9.58. The molecule has 0 bridgehead atoms. The maximum absolute atomic E-state index is 13.3. The van der Waals surface area contributed by atoms with Crippen LogP contribution in [0.15, 0.2) is 24.0 Å². The van der Waals surface area contributed by atoms with Gasteiger partial charge in [0.25, 0.3) is 5.91 Å². The highest BCUT2D eigenvalue weighted by molar-refractivity contribution is 6.23. The van der Waals surface area contributed by atoms with Crippen molar-refractivity contribution >= 4 is 17.6 Å². The number of hydrogen-bond donors (Lipinski definition) is 0. The predicted octanol–water partition coefficient (Wildman–Crippen LogP) is 3.06. The highest BCUT2D eigenvalue weighted by Gasteiger charge is 2.54. The lowest BCUT2D eigenvalue weighted by Gasteiger charge is -2.43. The van der Waals surface area contributed by atoms with Gasteiger partial charge < -0.3 is 19.2 Å². The maximum atomic E-state index is 13.3. The average molecular weight is 388 g/mol. The van der Waals surface area contributed by atoms with Gasteiger partial charge in [-0.2, -0.15) is 5.06 Å². The van der Waals surface area contributed by atoms with Crippen LogP contribution < -0.4 is 0 Å². The molecule has 2 heterocycles. The molecule has 1 aromatic carbocycles. The Hall–Kier alpha value is -2.38. The number of hydrogen-bond acceptors (Lipinski definition) is 6. The number of hydroxylamine groups is 2. The minimum absolute atomic E-state index is 0.142. The fourth-order valence-electron chi connectivity index (χ4n) is 4.15. The summed E-state index contributed by atoms with van der Waals surface area (Å²) in [5.41, 5.74) is 2.61. The van der Waals surface area contributed by atoms with E-state index in [2.05, 4.69) is 0 Å². The summed E-state index contributed by atoms with van der Waals surface area (Å²) in [6, 6.07) is 5.91. The summed E-state index contributed by atoms with van der Waals surface area (Å²) in [4.78, 5) is 32.6. The Kier molecular flexibility index (Phi) is 5.76. The number of aryl methyl sites for hydroxylation is 2. The molecule has 152 valence electrons. The molecule has 0 unspecified atom stereocenters. The van der Waals surface area contributed by atoms with Crippen molar-refractivity contribution in [2.24, 2.45) is 0 Å². The number of amides is 1. The highest BCUT2D eigenvalue weighted by Crippen LogP contribution is 2.46. The summed E-state index contributed by atoms with van der Waals surface area (Å²) >= 11 is 0. The molecule has 0 atom stereocenters. The lowest BCUT2D eigenvalue weighted by atomic mass is 9.85. The number of benzene rings is 1. The third kappa shape index (κ3) is 3.40. The molecule has 1 aromatic rings. The average Bonchev–Trinajstić information content (AvgIpc) is 2.85. The zero-order chi connectivity index (χ0) is 20.5. The Morgan fingerprint density at radius 2 is 1.89 bits per heavy atom. The van der Waals surface area contributed by atoms with Crippen LogP contribution in [0.2, 0.25) is 0 Å². The molecule has 0 aromatic heterocycles. The van der Waals surface area contributed by atoms with Gasteiger partial charge >= 0.3 is 6.16 Å². The van der Waals surface area contributed by atoms with Crippen molar-refractivity contribution in [2.45, 2.75) is 39.2 Å². The van der Waals surface area contributed by atoms with Crippen LogP contribution >= 0.6 is 0 Å². The van der Waals surface area contributed by atoms with E-state index in [0.717, 1.165) is 16.7 Å². The Morgan fingerprint density at radius 3 is 2.46 bits per heavy atom. The fourth-order valence-corrected chi connectivity index (χ4v) is 4.15. The first kappa shape index (κ1) is 20.4. The first-order chi connectivity index (χ1) is 13.3. The van der Waals surface area contributed by atoms with E-state index in [1.165, 1.54) is 0 Å². The van der Waals surface area contributed by atoms with Gasteiger partial charge in [0.1, 0.15) is 5.54 Å².